The number of aromatic amines is 1. The van der Waals surface area contributed by atoms with E-state index in [0.29, 0.717) is 22.2 Å². The van der Waals surface area contributed by atoms with E-state index in [1.807, 2.05) is 13.8 Å². The van der Waals surface area contributed by atoms with E-state index >= 15 is 4.39 Å². The van der Waals surface area contributed by atoms with Gasteiger partial charge in [0.05, 0.1) is 18.3 Å². The maximum Gasteiger partial charge on any atom is 0.335 e. The van der Waals surface area contributed by atoms with E-state index < -0.39 is 40.4 Å². The standard InChI is InChI=1S/C25H24F3N3O4/c1-24(2,11-35-3)22-18(13-8-25(34,9-13)23(32)33)19-17(6-12-10-29-30-21(12)20(19)28)31(22)14-4-5-15(26)16(27)7-14/h4-7,10,13,34H,8-9,11H2,1-3H3,(H,29,30)(H,32,33)/t13-,25+. The van der Waals surface area contributed by atoms with Crippen LogP contribution >= 0.6 is 0 Å². The zero-order valence-corrected chi connectivity index (χ0v) is 19.3. The number of carboxylic acid groups (broad SMARTS) is 1. The van der Waals surface area contributed by atoms with Crippen LogP contribution in [-0.4, -0.2) is 50.3 Å². The van der Waals surface area contributed by atoms with Crippen LogP contribution < -0.4 is 0 Å². The van der Waals surface area contributed by atoms with Crippen LogP contribution in [0.3, 0.4) is 0 Å². The van der Waals surface area contributed by atoms with Crippen molar-refractivity contribution in [1.29, 1.82) is 0 Å². The fraction of sp³-hybridized carbons (Fsp3) is 0.360. The van der Waals surface area contributed by atoms with E-state index in [9.17, 15) is 23.8 Å². The van der Waals surface area contributed by atoms with Crippen LogP contribution in [0.25, 0.3) is 27.5 Å². The molecule has 1 aliphatic carbocycles. The molecule has 2 heterocycles. The van der Waals surface area contributed by atoms with Gasteiger partial charge in [0.15, 0.2) is 23.1 Å². The Bertz CT molecular complexity index is 1480. The molecule has 2 aromatic carbocycles. The van der Waals surface area contributed by atoms with Gasteiger partial charge in [0.1, 0.15) is 5.52 Å². The summed E-state index contributed by atoms with van der Waals surface area (Å²) in [5.41, 5.74) is -0.771. The van der Waals surface area contributed by atoms with Crippen molar-refractivity contribution in [1.82, 2.24) is 14.8 Å². The van der Waals surface area contributed by atoms with Crippen LogP contribution in [0.15, 0.2) is 30.5 Å². The molecule has 1 fully saturated rings. The van der Waals surface area contributed by atoms with Crippen molar-refractivity contribution in [3.8, 4) is 5.69 Å². The van der Waals surface area contributed by atoms with Crippen molar-refractivity contribution in [2.45, 2.75) is 43.6 Å². The number of H-pyrrole nitrogens is 1. The summed E-state index contributed by atoms with van der Waals surface area (Å²) in [5.74, 6) is -4.50. The molecular formula is C25H24F3N3O4. The third-order valence-electron chi connectivity index (χ3n) is 6.93. The summed E-state index contributed by atoms with van der Waals surface area (Å²) in [6.45, 7) is 3.95. The molecule has 2 aromatic heterocycles. The topological polar surface area (TPSA) is 100 Å². The van der Waals surface area contributed by atoms with E-state index in [-0.39, 0.29) is 36.0 Å². The van der Waals surface area contributed by atoms with Crippen molar-refractivity contribution < 1.29 is 32.9 Å². The number of methoxy groups -OCH3 is 1. The number of benzene rings is 2. The van der Waals surface area contributed by atoms with Gasteiger partial charge in [0.2, 0.25) is 0 Å². The van der Waals surface area contributed by atoms with Gasteiger partial charge in [-0.1, -0.05) is 13.8 Å². The first-order valence-corrected chi connectivity index (χ1v) is 11.1. The molecule has 1 saturated carbocycles. The molecule has 0 bridgehead atoms. The Kier molecular flexibility index (Phi) is 5.22. The van der Waals surface area contributed by atoms with E-state index in [2.05, 4.69) is 10.2 Å². The van der Waals surface area contributed by atoms with Gasteiger partial charge in [0.25, 0.3) is 0 Å². The molecule has 0 spiro atoms. The zero-order chi connectivity index (χ0) is 25.3. The summed E-state index contributed by atoms with van der Waals surface area (Å²) >= 11 is 0. The number of hydrogen-bond donors (Lipinski definition) is 3. The van der Waals surface area contributed by atoms with Crippen LogP contribution in [0.4, 0.5) is 13.2 Å². The van der Waals surface area contributed by atoms with Crippen molar-refractivity contribution >= 4 is 27.8 Å². The second-order valence-electron chi connectivity index (χ2n) is 9.87. The number of aliphatic hydroxyl groups is 1. The number of nitrogens with one attached hydrogen (secondary N) is 1. The molecule has 0 unspecified atom stereocenters. The minimum absolute atomic E-state index is 0.115. The fourth-order valence-electron chi connectivity index (χ4n) is 5.35. The molecule has 0 atom stereocenters. The highest BCUT2D eigenvalue weighted by molar-refractivity contribution is 6.00. The molecule has 0 aliphatic heterocycles. The van der Waals surface area contributed by atoms with E-state index in [1.54, 1.807) is 10.6 Å². The first-order chi connectivity index (χ1) is 16.5. The van der Waals surface area contributed by atoms with Gasteiger partial charge in [0, 0.05) is 40.7 Å². The number of nitrogens with zero attached hydrogens (tertiary/aromatic N) is 2. The highest BCUT2D eigenvalue weighted by atomic mass is 19.2. The van der Waals surface area contributed by atoms with Gasteiger partial charge in [-0.05, 0) is 42.5 Å². The predicted octanol–water partition coefficient (Wildman–Crippen LogP) is 4.54. The first-order valence-electron chi connectivity index (χ1n) is 11.1. The van der Waals surface area contributed by atoms with Crippen molar-refractivity contribution in [2.24, 2.45) is 0 Å². The summed E-state index contributed by atoms with van der Waals surface area (Å²) in [6, 6.07) is 5.15. The Morgan fingerprint density at radius 3 is 2.60 bits per heavy atom. The Balaban J connectivity index is 1.91. The lowest BCUT2D eigenvalue weighted by Crippen LogP contribution is -2.49. The quantitative estimate of drug-likeness (QED) is 0.371. The Morgan fingerprint density at radius 2 is 1.97 bits per heavy atom. The van der Waals surface area contributed by atoms with Crippen molar-refractivity contribution in [2.75, 3.05) is 13.7 Å². The summed E-state index contributed by atoms with van der Waals surface area (Å²) < 4.78 is 51.3. The van der Waals surface area contributed by atoms with Gasteiger partial charge in [-0.3, -0.25) is 5.10 Å². The largest absolute Gasteiger partial charge is 0.479 e. The molecule has 0 saturated heterocycles. The monoisotopic (exact) mass is 487 g/mol. The molecule has 7 nitrogen and oxygen atoms in total. The number of aromatic nitrogens is 3. The molecule has 0 radical (unpaired) electrons. The van der Waals surface area contributed by atoms with Crippen LogP contribution in [0.5, 0.6) is 0 Å². The maximum atomic E-state index is 16.0. The predicted molar refractivity (Wildman–Crippen MR) is 122 cm³/mol. The maximum absolute atomic E-state index is 16.0. The number of halogens is 3. The minimum Gasteiger partial charge on any atom is -0.479 e. The third-order valence-corrected chi connectivity index (χ3v) is 6.93. The van der Waals surface area contributed by atoms with Gasteiger partial charge in [-0.2, -0.15) is 5.10 Å². The molecule has 10 heteroatoms. The van der Waals surface area contributed by atoms with Crippen LogP contribution in [0, 0.1) is 17.5 Å². The Labute approximate surface area is 198 Å². The fourth-order valence-corrected chi connectivity index (χ4v) is 5.35. The Hall–Kier alpha value is -3.37. The molecule has 3 N–H and O–H groups in total. The van der Waals surface area contributed by atoms with Gasteiger partial charge in [-0.25, -0.2) is 18.0 Å². The minimum atomic E-state index is -1.92. The highest BCUT2D eigenvalue weighted by Crippen LogP contribution is 2.52. The van der Waals surface area contributed by atoms with Crippen LogP contribution in [0.2, 0.25) is 0 Å². The molecule has 35 heavy (non-hydrogen) atoms. The smallest absolute Gasteiger partial charge is 0.335 e. The second kappa shape index (κ2) is 7.82. The number of ether oxygens (including phenoxy) is 1. The molecular weight excluding hydrogens is 463 g/mol. The van der Waals surface area contributed by atoms with Gasteiger partial charge < -0.3 is 19.5 Å². The number of aliphatic carboxylic acids is 1. The van der Waals surface area contributed by atoms with Gasteiger partial charge in [-0.15, -0.1) is 0 Å². The number of carbonyl (C=O) groups is 1. The van der Waals surface area contributed by atoms with Crippen LogP contribution in [-0.2, 0) is 14.9 Å². The lowest BCUT2D eigenvalue weighted by atomic mass is 9.66. The molecule has 184 valence electrons. The van der Waals surface area contributed by atoms with E-state index in [1.165, 1.54) is 19.4 Å². The van der Waals surface area contributed by atoms with E-state index in [4.69, 9.17) is 4.74 Å². The number of rotatable bonds is 6. The van der Waals surface area contributed by atoms with Crippen molar-refractivity contribution in [3.63, 3.8) is 0 Å². The molecule has 0 amide bonds. The third kappa shape index (κ3) is 3.42. The van der Waals surface area contributed by atoms with Gasteiger partial charge >= 0.3 is 5.97 Å². The molecule has 5 rings (SSSR count). The summed E-state index contributed by atoms with van der Waals surface area (Å²) in [4.78, 5) is 11.6. The summed E-state index contributed by atoms with van der Waals surface area (Å²) in [6.07, 6.45) is 1.23. The highest BCUT2D eigenvalue weighted by Gasteiger charge is 2.52. The number of carboxylic acids is 1. The summed E-state index contributed by atoms with van der Waals surface area (Å²) in [5, 5.41) is 27.2. The normalized spacial score (nSPS) is 20.5. The lowest BCUT2D eigenvalue weighted by molar-refractivity contribution is -0.169. The van der Waals surface area contributed by atoms with E-state index in [0.717, 1.165) is 12.1 Å². The Morgan fingerprint density at radius 1 is 1.26 bits per heavy atom. The van der Waals surface area contributed by atoms with Crippen LogP contribution in [0.1, 0.15) is 43.9 Å². The molecule has 1 aliphatic rings. The summed E-state index contributed by atoms with van der Waals surface area (Å²) in [7, 11) is 1.52. The molecule has 4 aromatic rings. The lowest BCUT2D eigenvalue weighted by Gasteiger charge is -2.42. The number of fused-ring (bicyclic) bond motifs is 2. The first kappa shape index (κ1) is 23.4. The second-order valence-corrected chi connectivity index (χ2v) is 9.87. The average molecular weight is 487 g/mol. The average Bonchev–Trinajstić information content (AvgIpc) is 3.37. The zero-order valence-electron chi connectivity index (χ0n) is 19.3. The van der Waals surface area contributed by atoms with Crippen molar-refractivity contribution in [3.05, 3.63) is 59.2 Å². The SMILES string of the molecule is COCC(C)(C)c1c([C@H]2C[C@](O)(C(=O)O)C2)c2c(F)c3[nH]ncc3cc2n1-c1ccc(F)c(F)c1. The number of hydrogen-bond acceptors (Lipinski definition) is 4.